The van der Waals surface area contributed by atoms with Gasteiger partial charge in [-0.15, -0.1) is 11.3 Å². The molecule has 0 aliphatic heterocycles. The minimum absolute atomic E-state index is 0.395. The van der Waals surface area contributed by atoms with Crippen molar-refractivity contribution < 1.29 is 19.3 Å². The van der Waals surface area contributed by atoms with Gasteiger partial charge in [0.05, 0.1) is 16.5 Å². The van der Waals surface area contributed by atoms with E-state index < -0.39 is 22.0 Å². The van der Waals surface area contributed by atoms with E-state index in [1.165, 1.54) is 11.3 Å². The average Bonchev–Trinajstić information content (AvgIpc) is 3.13. The number of hydrogen-bond donors (Lipinski definition) is 3. The van der Waals surface area contributed by atoms with Gasteiger partial charge in [-0.05, 0) is 6.42 Å². The van der Waals surface area contributed by atoms with Crippen molar-refractivity contribution in [1.29, 1.82) is 0 Å². The molecule has 0 amide bonds. The maximum Gasteiger partial charge on any atom is 0.319 e. The summed E-state index contributed by atoms with van der Waals surface area (Å²) in [5.74, 6) is 2.50. The van der Waals surface area contributed by atoms with Crippen molar-refractivity contribution in [3.05, 3.63) is 35.7 Å². The molecule has 0 aliphatic rings. The molecule has 25 heavy (non-hydrogen) atoms. The van der Waals surface area contributed by atoms with Gasteiger partial charge in [-0.25, -0.2) is 10.9 Å². The number of carboxylic acids is 1. The summed E-state index contributed by atoms with van der Waals surface area (Å²) in [5.41, 5.74) is 1.69. The van der Waals surface area contributed by atoms with Gasteiger partial charge >= 0.3 is 5.97 Å². The zero-order chi connectivity index (χ0) is 18.7. The summed E-state index contributed by atoms with van der Waals surface area (Å²) >= 11 is 1.27. The fraction of sp³-hybridized carbons (Fsp3) is 0.412. The molecule has 0 saturated carbocycles. The normalized spacial score (nSPS) is 12.8. The van der Waals surface area contributed by atoms with Crippen LogP contribution >= 0.6 is 11.3 Å². The molecule has 4 N–H and O–H groups in total. The number of hydrogen-bond acceptors (Lipinski definition) is 6. The van der Waals surface area contributed by atoms with E-state index in [-0.39, 0.29) is 0 Å². The summed E-state index contributed by atoms with van der Waals surface area (Å²) in [6.07, 6.45) is 4.36. The number of benzene rings is 1. The Labute approximate surface area is 154 Å². The molecule has 138 valence electrons. The predicted molar refractivity (Wildman–Crippen MR) is 100 cm³/mol. The maximum atomic E-state index is 12.6. The molecule has 0 spiro atoms. The van der Waals surface area contributed by atoms with Crippen molar-refractivity contribution in [2.75, 3.05) is 0 Å². The first kappa shape index (κ1) is 21.4. The summed E-state index contributed by atoms with van der Waals surface area (Å²) in [6.45, 7) is 2.10. The molecule has 8 heteroatoms. The van der Waals surface area contributed by atoms with Crippen LogP contribution in [0.5, 0.6) is 0 Å². The molecule has 0 radical (unpaired) electrons. The number of thiazole rings is 1. The third-order valence-electron chi connectivity index (χ3n) is 3.58. The molecule has 1 heterocycles. The van der Waals surface area contributed by atoms with Gasteiger partial charge in [0.25, 0.3) is 0 Å². The number of aliphatic carboxylic acids is 1. The highest BCUT2D eigenvalue weighted by molar-refractivity contribution is 7.88. The second-order valence-electron chi connectivity index (χ2n) is 5.34. The van der Waals surface area contributed by atoms with Gasteiger partial charge < -0.3 is 10.3 Å². The fourth-order valence-corrected chi connectivity index (χ4v) is 4.71. The zero-order valence-corrected chi connectivity index (χ0v) is 15.8. The van der Waals surface area contributed by atoms with Crippen molar-refractivity contribution in [3.8, 4) is 11.3 Å². The largest absolute Gasteiger partial charge is 0.480 e. The highest BCUT2D eigenvalue weighted by Crippen LogP contribution is 2.26. The molecule has 1 aromatic heterocycles. The first-order valence-electron chi connectivity index (χ1n) is 8.03. The minimum Gasteiger partial charge on any atom is -0.480 e. The molecular weight excluding hydrogens is 360 g/mol. The van der Waals surface area contributed by atoms with E-state index in [1.54, 1.807) is 0 Å². The number of nitrogens with two attached hydrogens (primary N) is 1. The number of rotatable bonds is 9. The van der Waals surface area contributed by atoms with Gasteiger partial charge in [0.15, 0.2) is 4.34 Å². The van der Waals surface area contributed by atoms with Crippen LogP contribution in [-0.2, 0) is 15.6 Å². The van der Waals surface area contributed by atoms with Gasteiger partial charge in [0, 0.05) is 10.9 Å². The smallest absolute Gasteiger partial charge is 0.319 e. The van der Waals surface area contributed by atoms with Crippen LogP contribution < -0.4 is 5.90 Å². The highest BCUT2D eigenvalue weighted by Gasteiger charge is 2.27. The first-order valence-corrected chi connectivity index (χ1v) is 10.1. The van der Waals surface area contributed by atoms with E-state index >= 15 is 0 Å². The van der Waals surface area contributed by atoms with Crippen LogP contribution in [0.2, 0.25) is 0 Å². The molecule has 2 aromatic rings. The third-order valence-corrected chi connectivity index (χ3v) is 6.38. The molecule has 6 nitrogen and oxygen atoms in total. The van der Waals surface area contributed by atoms with Crippen LogP contribution in [0.4, 0.5) is 0 Å². The first-order chi connectivity index (χ1) is 12.1. The van der Waals surface area contributed by atoms with Crippen molar-refractivity contribution in [2.45, 2.75) is 48.6 Å². The lowest BCUT2D eigenvalue weighted by atomic mass is 10.1. The van der Waals surface area contributed by atoms with Crippen molar-refractivity contribution in [1.82, 2.24) is 4.98 Å². The zero-order valence-electron chi connectivity index (χ0n) is 14.1. The van der Waals surface area contributed by atoms with E-state index in [4.69, 9.17) is 5.21 Å². The molecular formula is C17H24N2O4S2. The van der Waals surface area contributed by atoms with Crippen LogP contribution in [0.1, 0.15) is 39.0 Å². The van der Waals surface area contributed by atoms with E-state index in [9.17, 15) is 14.1 Å². The second kappa shape index (κ2) is 11.9. The van der Waals surface area contributed by atoms with Gasteiger partial charge in [0.2, 0.25) is 0 Å². The molecule has 0 saturated heterocycles. The Bertz CT molecular complexity index is 662. The number of carbonyl (C=O) groups is 1. The molecule has 2 rings (SSSR count). The Kier molecular flexibility index (Phi) is 10.2. The van der Waals surface area contributed by atoms with E-state index in [0.717, 1.165) is 36.9 Å². The van der Waals surface area contributed by atoms with E-state index in [1.807, 2.05) is 35.7 Å². The minimum atomic E-state index is -1.60. The number of carboxylic acid groups (broad SMARTS) is 1. The van der Waals surface area contributed by atoms with E-state index in [0.29, 0.717) is 10.8 Å². The number of aromatic nitrogens is 1. The monoisotopic (exact) mass is 384 g/mol. The van der Waals surface area contributed by atoms with Crippen LogP contribution in [0.3, 0.4) is 0 Å². The van der Waals surface area contributed by atoms with Gasteiger partial charge in [-0.2, -0.15) is 0 Å². The van der Waals surface area contributed by atoms with Crippen molar-refractivity contribution in [2.24, 2.45) is 5.90 Å². The topological polar surface area (TPSA) is 114 Å². The molecule has 0 fully saturated rings. The molecule has 2 unspecified atom stereocenters. The Morgan fingerprint density at radius 3 is 2.52 bits per heavy atom. The van der Waals surface area contributed by atoms with Crippen LogP contribution in [0.15, 0.2) is 40.1 Å². The van der Waals surface area contributed by atoms with Gasteiger partial charge in [0.1, 0.15) is 5.25 Å². The van der Waals surface area contributed by atoms with Gasteiger partial charge in [-0.3, -0.25) is 9.00 Å². The van der Waals surface area contributed by atoms with Crippen LogP contribution in [-0.4, -0.2) is 30.7 Å². The van der Waals surface area contributed by atoms with Crippen LogP contribution in [0, 0.1) is 0 Å². The number of nitrogens with zero attached hydrogens (tertiary/aromatic N) is 1. The maximum absolute atomic E-state index is 12.6. The van der Waals surface area contributed by atoms with Crippen LogP contribution in [0.25, 0.3) is 11.3 Å². The lowest BCUT2D eigenvalue weighted by Gasteiger charge is -2.10. The Morgan fingerprint density at radius 2 is 1.92 bits per heavy atom. The third kappa shape index (κ3) is 6.66. The lowest BCUT2D eigenvalue weighted by Crippen LogP contribution is -2.25. The fourth-order valence-electron chi connectivity index (χ4n) is 2.29. The average molecular weight is 385 g/mol. The Balaban J connectivity index is 0.00000151. The molecule has 0 aliphatic carbocycles. The van der Waals surface area contributed by atoms with Crippen molar-refractivity contribution >= 4 is 28.1 Å². The van der Waals surface area contributed by atoms with E-state index in [2.05, 4.69) is 17.8 Å². The molecule has 1 aromatic carbocycles. The molecule has 0 bridgehead atoms. The predicted octanol–water partition coefficient (Wildman–Crippen LogP) is 3.68. The van der Waals surface area contributed by atoms with Gasteiger partial charge in [-0.1, -0.05) is 62.9 Å². The highest BCUT2D eigenvalue weighted by atomic mass is 32.2. The van der Waals surface area contributed by atoms with Crippen molar-refractivity contribution in [3.63, 3.8) is 0 Å². The Hall–Kier alpha value is -1.61. The summed E-state index contributed by atoms with van der Waals surface area (Å²) in [6, 6.07) is 9.62. The summed E-state index contributed by atoms with van der Waals surface area (Å²) in [7, 11) is -1.60. The lowest BCUT2D eigenvalue weighted by molar-refractivity contribution is -0.136. The SMILES string of the molecule is CCCCCCC(C(=O)O)S(=O)c1nc(-c2ccccc2)cs1.NO. The summed E-state index contributed by atoms with van der Waals surface area (Å²) in [4.78, 5) is 15.8. The standard InChI is InChI=1S/C17H21NO3S2.H3NO/c1-2-3-4-8-11-15(16(19)20)23(21)17-18-14(12-22-17)13-9-6-5-7-10-13;1-2/h5-7,9-10,12,15H,2-4,8,11H2,1H3,(H,19,20);2H,1H2. The Morgan fingerprint density at radius 1 is 1.24 bits per heavy atom. The second-order valence-corrected chi connectivity index (χ2v) is 8.01. The summed E-state index contributed by atoms with van der Waals surface area (Å²) in [5, 5.41) is 16.8. The quantitative estimate of drug-likeness (QED) is 0.449. The molecule has 2 atom stereocenters. The summed E-state index contributed by atoms with van der Waals surface area (Å²) < 4.78 is 13.0. The number of unbranched alkanes of at least 4 members (excludes halogenated alkanes) is 3.